The normalized spacial score (nSPS) is 25.0. The first-order valence-electron chi connectivity index (χ1n) is 5.88. The molecular weight excluding hydrogens is 206 g/mol. The zero-order valence-electron chi connectivity index (χ0n) is 9.24. The molecule has 0 atom stereocenters. The highest BCUT2D eigenvalue weighted by Gasteiger charge is 2.29. The number of nitrogens with one attached hydrogen (secondary N) is 1. The molecule has 0 aromatic carbocycles. The van der Waals surface area contributed by atoms with E-state index in [1.54, 1.807) is 0 Å². The van der Waals surface area contributed by atoms with E-state index in [1.165, 1.54) is 6.08 Å². The smallest absolute Gasteiger partial charge is 0.328 e. The lowest BCUT2D eigenvalue weighted by Gasteiger charge is -2.22. The van der Waals surface area contributed by atoms with Gasteiger partial charge in [-0.15, -0.1) is 0 Å². The lowest BCUT2D eigenvalue weighted by atomic mass is 9.85. The molecular formula is C12H17NO3. The molecule has 0 heterocycles. The van der Waals surface area contributed by atoms with Gasteiger partial charge in [-0.05, 0) is 38.5 Å². The fraction of sp³-hybridized carbons (Fsp3) is 0.667. The van der Waals surface area contributed by atoms with E-state index in [2.05, 4.69) is 5.32 Å². The zero-order chi connectivity index (χ0) is 11.5. The molecule has 2 aliphatic carbocycles. The van der Waals surface area contributed by atoms with E-state index in [1.807, 2.05) is 0 Å². The van der Waals surface area contributed by atoms with Gasteiger partial charge in [-0.1, -0.05) is 5.57 Å². The molecule has 2 N–H and O–H groups in total. The van der Waals surface area contributed by atoms with E-state index < -0.39 is 5.97 Å². The van der Waals surface area contributed by atoms with E-state index in [0.717, 1.165) is 44.1 Å². The molecule has 0 aliphatic heterocycles. The van der Waals surface area contributed by atoms with Crippen LogP contribution in [0.3, 0.4) is 0 Å². The largest absolute Gasteiger partial charge is 0.478 e. The van der Waals surface area contributed by atoms with Gasteiger partial charge >= 0.3 is 5.97 Å². The molecule has 88 valence electrons. The minimum absolute atomic E-state index is 0.0894. The van der Waals surface area contributed by atoms with Crippen LogP contribution in [0, 0.1) is 5.92 Å². The predicted molar refractivity (Wildman–Crippen MR) is 58.8 cm³/mol. The Morgan fingerprint density at radius 1 is 1.19 bits per heavy atom. The van der Waals surface area contributed by atoms with Crippen LogP contribution in [-0.4, -0.2) is 23.0 Å². The van der Waals surface area contributed by atoms with Crippen LogP contribution in [0.5, 0.6) is 0 Å². The summed E-state index contributed by atoms with van der Waals surface area (Å²) < 4.78 is 0. The van der Waals surface area contributed by atoms with Crippen LogP contribution >= 0.6 is 0 Å². The molecule has 0 unspecified atom stereocenters. The van der Waals surface area contributed by atoms with Crippen molar-refractivity contribution in [1.29, 1.82) is 0 Å². The number of aliphatic carboxylic acids is 1. The first-order valence-corrected chi connectivity index (χ1v) is 5.88. The maximum Gasteiger partial charge on any atom is 0.328 e. The van der Waals surface area contributed by atoms with Crippen molar-refractivity contribution in [2.24, 2.45) is 5.92 Å². The van der Waals surface area contributed by atoms with E-state index >= 15 is 0 Å². The monoisotopic (exact) mass is 223 g/mol. The standard InChI is InChI=1S/C12H17NO3/c14-11(15)7-8-1-3-9(4-2-8)12(16)13-10-5-6-10/h7,9-10H,1-6H2,(H,13,16)(H,14,15). The Kier molecular flexibility index (Phi) is 3.27. The summed E-state index contributed by atoms with van der Waals surface area (Å²) in [6.07, 6.45) is 6.58. The molecule has 0 aromatic heterocycles. The number of carboxylic acids is 1. The number of carboxylic acid groups (broad SMARTS) is 1. The van der Waals surface area contributed by atoms with Crippen molar-refractivity contribution >= 4 is 11.9 Å². The van der Waals surface area contributed by atoms with Crippen LogP contribution < -0.4 is 5.32 Å². The van der Waals surface area contributed by atoms with Crippen LogP contribution in [0.15, 0.2) is 11.6 Å². The molecule has 0 spiro atoms. The first kappa shape index (κ1) is 11.2. The summed E-state index contributed by atoms with van der Waals surface area (Å²) in [7, 11) is 0. The van der Waals surface area contributed by atoms with Crippen molar-refractivity contribution in [3.8, 4) is 0 Å². The van der Waals surface area contributed by atoms with Crippen molar-refractivity contribution in [1.82, 2.24) is 5.32 Å². The SMILES string of the molecule is O=C(O)C=C1CCC(C(=O)NC2CC2)CC1. The van der Waals surface area contributed by atoms with Crippen LogP contribution in [-0.2, 0) is 9.59 Å². The highest BCUT2D eigenvalue weighted by molar-refractivity contribution is 5.81. The molecule has 0 saturated heterocycles. The molecule has 4 nitrogen and oxygen atoms in total. The van der Waals surface area contributed by atoms with Gasteiger partial charge in [-0.3, -0.25) is 4.79 Å². The Hall–Kier alpha value is -1.32. The van der Waals surface area contributed by atoms with Crippen molar-refractivity contribution in [2.75, 3.05) is 0 Å². The Morgan fingerprint density at radius 2 is 1.81 bits per heavy atom. The van der Waals surface area contributed by atoms with Crippen molar-refractivity contribution in [3.63, 3.8) is 0 Å². The second-order valence-electron chi connectivity index (χ2n) is 4.70. The van der Waals surface area contributed by atoms with Gasteiger partial charge in [0.05, 0.1) is 0 Å². The number of carbonyl (C=O) groups is 2. The molecule has 1 amide bonds. The molecule has 4 heteroatoms. The first-order chi connectivity index (χ1) is 7.65. The lowest BCUT2D eigenvalue weighted by Crippen LogP contribution is -2.33. The average Bonchev–Trinajstić information content (AvgIpc) is 3.01. The van der Waals surface area contributed by atoms with Crippen molar-refractivity contribution < 1.29 is 14.7 Å². The predicted octanol–water partition coefficient (Wildman–Crippen LogP) is 1.47. The molecule has 2 aliphatic rings. The summed E-state index contributed by atoms with van der Waals surface area (Å²) in [5, 5.41) is 11.6. The highest BCUT2D eigenvalue weighted by Crippen LogP contribution is 2.29. The molecule has 16 heavy (non-hydrogen) atoms. The number of allylic oxidation sites excluding steroid dienone is 1. The molecule has 0 bridgehead atoms. The number of hydrogen-bond acceptors (Lipinski definition) is 2. The molecule has 2 saturated carbocycles. The van der Waals surface area contributed by atoms with E-state index in [4.69, 9.17) is 5.11 Å². The molecule has 0 aromatic rings. The quantitative estimate of drug-likeness (QED) is 0.712. The lowest BCUT2D eigenvalue weighted by molar-refractivity contribution is -0.131. The van der Waals surface area contributed by atoms with Gasteiger partial charge in [0.2, 0.25) is 5.91 Å². The van der Waals surface area contributed by atoms with Crippen LogP contribution in [0.1, 0.15) is 38.5 Å². The van der Waals surface area contributed by atoms with Gasteiger partial charge in [0, 0.05) is 18.0 Å². The van der Waals surface area contributed by atoms with Gasteiger partial charge in [0.15, 0.2) is 0 Å². The van der Waals surface area contributed by atoms with Gasteiger partial charge < -0.3 is 10.4 Å². The summed E-state index contributed by atoms with van der Waals surface area (Å²) >= 11 is 0. The average molecular weight is 223 g/mol. The van der Waals surface area contributed by atoms with Crippen LogP contribution in [0.2, 0.25) is 0 Å². The second-order valence-corrected chi connectivity index (χ2v) is 4.70. The van der Waals surface area contributed by atoms with Crippen molar-refractivity contribution in [2.45, 2.75) is 44.6 Å². The molecule has 2 rings (SSSR count). The topological polar surface area (TPSA) is 66.4 Å². The van der Waals surface area contributed by atoms with Gasteiger partial charge in [0.1, 0.15) is 0 Å². The van der Waals surface area contributed by atoms with Crippen LogP contribution in [0.4, 0.5) is 0 Å². The Balaban J connectivity index is 1.79. The summed E-state index contributed by atoms with van der Waals surface area (Å²) in [5.41, 5.74) is 0.961. The maximum absolute atomic E-state index is 11.7. The fourth-order valence-corrected chi connectivity index (χ4v) is 2.12. The zero-order valence-corrected chi connectivity index (χ0v) is 9.24. The van der Waals surface area contributed by atoms with E-state index in [9.17, 15) is 9.59 Å². The third-order valence-corrected chi connectivity index (χ3v) is 3.25. The number of amides is 1. The summed E-state index contributed by atoms with van der Waals surface area (Å²) in [6.45, 7) is 0. The van der Waals surface area contributed by atoms with Crippen molar-refractivity contribution in [3.05, 3.63) is 11.6 Å². The second kappa shape index (κ2) is 4.68. The summed E-state index contributed by atoms with van der Waals surface area (Å²) in [4.78, 5) is 22.2. The molecule has 2 fully saturated rings. The summed E-state index contributed by atoms with van der Waals surface area (Å²) in [6, 6.07) is 0.420. The van der Waals surface area contributed by atoms with E-state index in [-0.39, 0.29) is 11.8 Å². The fourth-order valence-electron chi connectivity index (χ4n) is 2.12. The highest BCUT2D eigenvalue weighted by atomic mass is 16.4. The maximum atomic E-state index is 11.7. The third kappa shape index (κ3) is 3.08. The van der Waals surface area contributed by atoms with E-state index in [0.29, 0.717) is 6.04 Å². The molecule has 0 radical (unpaired) electrons. The minimum atomic E-state index is -0.879. The Labute approximate surface area is 94.7 Å². The van der Waals surface area contributed by atoms with Crippen LogP contribution in [0.25, 0.3) is 0 Å². The Bertz CT molecular complexity index is 321. The van der Waals surface area contributed by atoms with Gasteiger partial charge in [-0.2, -0.15) is 0 Å². The Morgan fingerprint density at radius 3 is 2.31 bits per heavy atom. The third-order valence-electron chi connectivity index (χ3n) is 3.25. The minimum Gasteiger partial charge on any atom is -0.478 e. The summed E-state index contributed by atoms with van der Waals surface area (Å²) in [5.74, 6) is -0.626. The van der Waals surface area contributed by atoms with Gasteiger partial charge in [0.25, 0.3) is 0 Å². The number of rotatable bonds is 3. The number of carbonyl (C=O) groups excluding carboxylic acids is 1. The number of hydrogen-bond donors (Lipinski definition) is 2. The van der Waals surface area contributed by atoms with Gasteiger partial charge in [-0.25, -0.2) is 4.79 Å².